The highest BCUT2D eigenvalue weighted by atomic mass is 16.1. The van der Waals surface area contributed by atoms with Crippen LogP contribution in [0, 0.1) is 5.92 Å². The lowest BCUT2D eigenvalue weighted by atomic mass is 9.96. The van der Waals surface area contributed by atoms with Crippen LogP contribution in [0.25, 0.3) is 0 Å². The first-order valence-corrected chi connectivity index (χ1v) is 9.44. The molecule has 1 saturated heterocycles. The van der Waals surface area contributed by atoms with Gasteiger partial charge in [-0.2, -0.15) is 5.10 Å². The summed E-state index contributed by atoms with van der Waals surface area (Å²) in [4.78, 5) is 19.3. The van der Waals surface area contributed by atoms with Crippen molar-refractivity contribution in [2.45, 2.75) is 44.6 Å². The molecule has 134 valence electrons. The summed E-state index contributed by atoms with van der Waals surface area (Å²) in [5.74, 6) is 1.13. The van der Waals surface area contributed by atoms with E-state index in [2.05, 4.69) is 21.0 Å². The number of nitrogens with zero attached hydrogens (tertiary/aromatic N) is 5. The number of aromatic nitrogens is 4. The topological polar surface area (TPSA) is 56.0 Å². The van der Waals surface area contributed by atoms with Crippen LogP contribution in [0.15, 0.2) is 29.5 Å². The van der Waals surface area contributed by atoms with E-state index in [1.807, 2.05) is 22.5 Å². The largest absolute Gasteiger partial charge is 0.303 e. The van der Waals surface area contributed by atoms with E-state index in [1.54, 1.807) is 12.4 Å². The fourth-order valence-electron chi connectivity index (χ4n) is 3.77. The summed E-state index contributed by atoms with van der Waals surface area (Å²) in [5.41, 5.74) is 2.40. The molecule has 3 heterocycles. The Labute approximate surface area is 148 Å². The molecule has 2 aliphatic rings. The molecule has 0 aromatic carbocycles. The van der Waals surface area contributed by atoms with Gasteiger partial charge in [-0.25, -0.2) is 4.98 Å². The van der Waals surface area contributed by atoms with Crippen LogP contribution in [0.5, 0.6) is 0 Å². The van der Waals surface area contributed by atoms with Crippen molar-refractivity contribution in [1.82, 2.24) is 24.2 Å². The molecule has 1 aliphatic heterocycles. The number of piperidine rings is 1. The van der Waals surface area contributed by atoms with E-state index < -0.39 is 0 Å². The van der Waals surface area contributed by atoms with Crippen LogP contribution in [0.3, 0.4) is 0 Å². The summed E-state index contributed by atoms with van der Waals surface area (Å²) in [6, 6.07) is 3.85. The van der Waals surface area contributed by atoms with Crippen molar-refractivity contribution in [3.8, 4) is 0 Å². The number of rotatable bonds is 6. The molecule has 0 atom stereocenters. The van der Waals surface area contributed by atoms with E-state index in [0.29, 0.717) is 11.8 Å². The van der Waals surface area contributed by atoms with Crippen molar-refractivity contribution in [1.29, 1.82) is 0 Å². The lowest BCUT2D eigenvalue weighted by molar-refractivity contribution is 0.173. The molecule has 0 amide bonds. The zero-order valence-electron chi connectivity index (χ0n) is 15.0. The van der Waals surface area contributed by atoms with Crippen LogP contribution < -0.4 is 5.56 Å². The predicted octanol–water partition coefficient (Wildman–Crippen LogP) is 1.81. The molecule has 0 unspecified atom stereocenters. The molecule has 6 heteroatoms. The summed E-state index contributed by atoms with van der Waals surface area (Å²) in [7, 11) is 2.00. The maximum atomic E-state index is 12.3. The molecule has 0 radical (unpaired) electrons. The highest BCUT2D eigenvalue weighted by molar-refractivity contribution is 5.12. The monoisotopic (exact) mass is 341 g/mol. The first-order chi connectivity index (χ1) is 12.2. The highest BCUT2D eigenvalue weighted by Crippen LogP contribution is 2.38. The Morgan fingerprint density at radius 1 is 1.20 bits per heavy atom. The molecule has 25 heavy (non-hydrogen) atoms. The van der Waals surface area contributed by atoms with Crippen molar-refractivity contribution < 1.29 is 0 Å². The van der Waals surface area contributed by atoms with Crippen molar-refractivity contribution >= 4 is 0 Å². The second kappa shape index (κ2) is 7.12. The van der Waals surface area contributed by atoms with Crippen molar-refractivity contribution in [3.05, 3.63) is 46.4 Å². The molecule has 1 aliphatic carbocycles. The van der Waals surface area contributed by atoms with Crippen LogP contribution in [0.2, 0.25) is 0 Å². The van der Waals surface area contributed by atoms with E-state index in [0.717, 1.165) is 51.1 Å². The smallest absolute Gasteiger partial charge is 0.253 e. The summed E-state index contributed by atoms with van der Waals surface area (Å²) in [6.45, 7) is 4.13. The van der Waals surface area contributed by atoms with Crippen molar-refractivity contribution in [2.75, 3.05) is 19.6 Å². The molecular formula is C19H27N5O. The van der Waals surface area contributed by atoms with Gasteiger partial charge >= 0.3 is 0 Å². The van der Waals surface area contributed by atoms with E-state index in [-0.39, 0.29) is 5.56 Å². The minimum atomic E-state index is 0.121. The average Bonchev–Trinajstić information content (AvgIpc) is 3.39. The average molecular weight is 341 g/mol. The van der Waals surface area contributed by atoms with Crippen LogP contribution in [0.1, 0.15) is 43.0 Å². The quantitative estimate of drug-likeness (QED) is 0.804. The second-order valence-corrected chi connectivity index (χ2v) is 7.56. The van der Waals surface area contributed by atoms with Crippen molar-refractivity contribution in [2.24, 2.45) is 13.0 Å². The van der Waals surface area contributed by atoms with Gasteiger partial charge < -0.3 is 4.90 Å². The molecule has 0 spiro atoms. The SMILES string of the molecule is Cn1nccc1CCN1CCC(Cn2cnc(C3CC3)cc2=O)CC1. The predicted molar refractivity (Wildman–Crippen MR) is 96.5 cm³/mol. The van der Waals surface area contributed by atoms with E-state index in [4.69, 9.17) is 0 Å². The van der Waals surface area contributed by atoms with Crippen LogP contribution in [0.4, 0.5) is 0 Å². The minimum Gasteiger partial charge on any atom is -0.303 e. The van der Waals surface area contributed by atoms with Gasteiger partial charge in [-0.15, -0.1) is 0 Å². The Kier molecular flexibility index (Phi) is 4.70. The summed E-state index contributed by atoms with van der Waals surface area (Å²) < 4.78 is 3.76. The molecule has 1 saturated carbocycles. The molecule has 2 aromatic rings. The van der Waals surface area contributed by atoms with Crippen molar-refractivity contribution in [3.63, 3.8) is 0 Å². The molecule has 6 nitrogen and oxygen atoms in total. The van der Waals surface area contributed by atoms with Gasteiger partial charge in [-0.05, 0) is 50.8 Å². The number of likely N-dealkylation sites (tertiary alicyclic amines) is 1. The third-order valence-corrected chi connectivity index (χ3v) is 5.66. The Morgan fingerprint density at radius 2 is 2.00 bits per heavy atom. The lowest BCUT2D eigenvalue weighted by Gasteiger charge is -2.32. The second-order valence-electron chi connectivity index (χ2n) is 7.56. The Morgan fingerprint density at radius 3 is 2.64 bits per heavy atom. The minimum absolute atomic E-state index is 0.121. The zero-order valence-corrected chi connectivity index (χ0v) is 15.0. The van der Waals surface area contributed by atoms with Gasteiger partial charge in [-0.1, -0.05) is 0 Å². The summed E-state index contributed by atoms with van der Waals surface area (Å²) >= 11 is 0. The highest BCUT2D eigenvalue weighted by Gasteiger charge is 2.26. The molecular weight excluding hydrogens is 314 g/mol. The standard InChI is InChI=1S/C19H27N5O/c1-22-17(4-8-21-22)7-11-23-9-5-15(6-10-23)13-24-14-20-18(12-19(24)25)16-2-3-16/h4,8,12,14-16H,2-3,5-7,9-11,13H2,1H3. The van der Waals surface area contributed by atoms with Crippen LogP contribution in [-0.4, -0.2) is 43.9 Å². The van der Waals surface area contributed by atoms with Crippen LogP contribution >= 0.6 is 0 Å². The molecule has 4 rings (SSSR count). The van der Waals surface area contributed by atoms with E-state index in [9.17, 15) is 4.79 Å². The Balaban J connectivity index is 1.26. The zero-order chi connectivity index (χ0) is 17.2. The van der Waals surface area contributed by atoms with Gasteiger partial charge in [0.25, 0.3) is 5.56 Å². The number of hydrogen-bond donors (Lipinski definition) is 0. The third kappa shape index (κ3) is 4.00. The van der Waals surface area contributed by atoms with Gasteiger partial charge in [0.1, 0.15) is 0 Å². The fraction of sp³-hybridized carbons (Fsp3) is 0.632. The van der Waals surface area contributed by atoms with Gasteiger partial charge in [-0.3, -0.25) is 14.0 Å². The first-order valence-electron chi connectivity index (χ1n) is 9.44. The summed E-state index contributed by atoms with van der Waals surface area (Å²) in [5, 5.41) is 4.23. The van der Waals surface area contributed by atoms with Crippen LogP contribution in [-0.2, 0) is 20.0 Å². The molecule has 2 fully saturated rings. The Hall–Kier alpha value is -1.95. The van der Waals surface area contributed by atoms with Gasteiger partial charge in [0.05, 0.1) is 12.0 Å². The number of aryl methyl sites for hydroxylation is 1. The lowest BCUT2D eigenvalue weighted by Crippen LogP contribution is -2.37. The fourth-order valence-corrected chi connectivity index (χ4v) is 3.77. The van der Waals surface area contributed by atoms with E-state index in [1.165, 1.54) is 18.5 Å². The normalized spacial score (nSPS) is 19.4. The van der Waals surface area contributed by atoms with E-state index >= 15 is 0 Å². The molecule has 0 bridgehead atoms. The number of hydrogen-bond acceptors (Lipinski definition) is 4. The van der Waals surface area contributed by atoms with Gasteiger partial charge in [0.2, 0.25) is 0 Å². The maximum absolute atomic E-state index is 12.3. The first kappa shape index (κ1) is 16.5. The van der Waals surface area contributed by atoms with Gasteiger partial charge in [0.15, 0.2) is 0 Å². The Bertz CT molecular complexity index is 768. The molecule has 2 aromatic heterocycles. The molecule has 0 N–H and O–H groups in total. The third-order valence-electron chi connectivity index (χ3n) is 5.66. The summed E-state index contributed by atoms with van der Waals surface area (Å²) in [6.07, 6.45) is 9.37. The maximum Gasteiger partial charge on any atom is 0.253 e. The van der Waals surface area contributed by atoms with Gasteiger partial charge in [0, 0.05) is 50.4 Å².